The van der Waals surface area contributed by atoms with Gasteiger partial charge < -0.3 is 9.74 Å². The topological polar surface area (TPSA) is 53.9 Å². The van der Waals surface area contributed by atoms with Crippen molar-refractivity contribution >= 4 is 11.7 Å². The normalized spacial score (nSPS) is 21.4. The molecular formula is C18H21N5O. The van der Waals surface area contributed by atoms with Crippen LogP contribution in [0.15, 0.2) is 53.9 Å². The summed E-state index contributed by atoms with van der Waals surface area (Å²) in [6, 6.07) is 12.1. The first-order valence-electron chi connectivity index (χ1n) is 8.41. The summed E-state index contributed by atoms with van der Waals surface area (Å²) < 4.78 is 0. The fourth-order valence-electron chi connectivity index (χ4n) is 3.20. The zero-order valence-corrected chi connectivity index (χ0v) is 13.6. The molecule has 0 radical (unpaired) electrons. The van der Waals surface area contributed by atoms with Crippen molar-refractivity contribution in [1.29, 1.82) is 0 Å². The fraction of sp³-hybridized carbons (Fsp3) is 0.389. The molecule has 2 aliphatic heterocycles. The van der Waals surface area contributed by atoms with Crippen LogP contribution in [0, 0.1) is 0 Å². The van der Waals surface area contributed by atoms with Gasteiger partial charge in [-0.2, -0.15) is 0 Å². The molecule has 1 fully saturated rings. The van der Waals surface area contributed by atoms with Crippen molar-refractivity contribution in [3.05, 3.63) is 54.4 Å². The van der Waals surface area contributed by atoms with Crippen LogP contribution in [0.1, 0.15) is 12.0 Å². The number of oxime groups is 1. The van der Waals surface area contributed by atoms with Crippen LogP contribution in [0.25, 0.3) is 0 Å². The van der Waals surface area contributed by atoms with Crippen LogP contribution < -0.4 is 4.90 Å². The minimum absolute atomic E-state index is 0.153. The molecule has 24 heavy (non-hydrogen) atoms. The van der Waals surface area contributed by atoms with Crippen LogP contribution in [-0.4, -0.2) is 59.4 Å². The molecule has 1 aromatic heterocycles. The van der Waals surface area contributed by atoms with E-state index in [2.05, 4.69) is 37.1 Å². The summed E-state index contributed by atoms with van der Waals surface area (Å²) in [6.07, 6.45) is 4.62. The molecule has 0 aliphatic carbocycles. The lowest BCUT2D eigenvalue weighted by Gasteiger charge is -2.35. The maximum absolute atomic E-state index is 5.64. The van der Waals surface area contributed by atoms with Crippen LogP contribution in [0.4, 0.5) is 5.95 Å². The minimum Gasteiger partial charge on any atom is -0.390 e. The van der Waals surface area contributed by atoms with E-state index in [9.17, 15) is 0 Å². The molecule has 2 aromatic rings. The van der Waals surface area contributed by atoms with E-state index >= 15 is 0 Å². The average Bonchev–Trinajstić information content (AvgIpc) is 3.12. The van der Waals surface area contributed by atoms with Crippen LogP contribution in [0.5, 0.6) is 0 Å². The largest absolute Gasteiger partial charge is 0.390 e. The summed E-state index contributed by atoms with van der Waals surface area (Å²) in [5.74, 6) is 0.823. The van der Waals surface area contributed by atoms with Gasteiger partial charge in [0.05, 0.1) is 5.71 Å². The van der Waals surface area contributed by atoms with Crippen LogP contribution in [0.2, 0.25) is 0 Å². The Hall–Kier alpha value is -2.47. The van der Waals surface area contributed by atoms with Gasteiger partial charge in [-0.3, -0.25) is 4.90 Å². The quantitative estimate of drug-likeness (QED) is 0.859. The van der Waals surface area contributed by atoms with Crippen molar-refractivity contribution in [2.75, 3.05) is 37.6 Å². The second-order valence-electron chi connectivity index (χ2n) is 6.17. The lowest BCUT2D eigenvalue weighted by Crippen LogP contribution is -2.49. The van der Waals surface area contributed by atoms with Crippen LogP contribution in [-0.2, 0) is 4.84 Å². The van der Waals surface area contributed by atoms with Gasteiger partial charge in [0.1, 0.15) is 6.10 Å². The molecular weight excluding hydrogens is 302 g/mol. The van der Waals surface area contributed by atoms with Crippen molar-refractivity contribution in [2.24, 2.45) is 5.16 Å². The van der Waals surface area contributed by atoms with E-state index in [1.54, 1.807) is 12.4 Å². The molecule has 1 atom stereocenters. The highest BCUT2D eigenvalue weighted by molar-refractivity contribution is 6.01. The molecule has 124 valence electrons. The van der Waals surface area contributed by atoms with Gasteiger partial charge in [-0.15, -0.1) is 0 Å². The first kappa shape index (κ1) is 15.1. The Kier molecular flexibility index (Phi) is 4.38. The predicted molar refractivity (Wildman–Crippen MR) is 93.2 cm³/mol. The Morgan fingerprint density at radius 1 is 0.958 bits per heavy atom. The van der Waals surface area contributed by atoms with E-state index in [4.69, 9.17) is 4.84 Å². The van der Waals surface area contributed by atoms with Crippen molar-refractivity contribution in [3.8, 4) is 0 Å². The summed E-state index contributed by atoms with van der Waals surface area (Å²) in [6.45, 7) is 4.81. The van der Waals surface area contributed by atoms with Crippen LogP contribution >= 0.6 is 0 Å². The van der Waals surface area contributed by atoms with E-state index in [-0.39, 0.29) is 6.10 Å². The zero-order chi connectivity index (χ0) is 16.2. The van der Waals surface area contributed by atoms with E-state index in [0.717, 1.165) is 56.4 Å². The zero-order valence-electron chi connectivity index (χ0n) is 13.6. The molecule has 1 unspecified atom stereocenters. The maximum atomic E-state index is 5.64. The fourth-order valence-corrected chi connectivity index (χ4v) is 3.20. The maximum Gasteiger partial charge on any atom is 0.225 e. The molecule has 0 saturated carbocycles. The standard InChI is InChI=1S/C18H21N5O/c1-2-5-15(6-3-1)17-13-16(24-21-17)14-22-9-11-23(12-10-22)18-19-7-4-8-20-18/h1-8,16H,9-14H2. The minimum atomic E-state index is 0.153. The van der Waals surface area contributed by atoms with E-state index in [1.165, 1.54) is 0 Å². The van der Waals surface area contributed by atoms with E-state index in [1.807, 2.05) is 24.3 Å². The molecule has 0 spiro atoms. The number of hydrogen-bond acceptors (Lipinski definition) is 6. The first-order chi connectivity index (χ1) is 11.9. The Morgan fingerprint density at radius 3 is 2.46 bits per heavy atom. The average molecular weight is 323 g/mol. The molecule has 1 saturated heterocycles. The molecule has 0 bridgehead atoms. The number of aromatic nitrogens is 2. The van der Waals surface area contributed by atoms with Gasteiger partial charge in [0.2, 0.25) is 5.95 Å². The number of piperazine rings is 1. The number of anilines is 1. The summed E-state index contributed by atoms with van der Waals surface area (Å²) in [7, 11) is 0. The Bertz CT molecular complexity index is 683. The second-order valence-corrected chi connectivity index (χ2v) is 6.17. The third-order valence-corrected chi connectivity index (χ3v) is 4.51. The van der Waals surface area contributed by atoms with Gasteiger partial charge in [0.25, 0.3) is 0 Å². The lowest BCUT2D eigenvalue weighted by molar-refractivity contribution is 0.0509. The summed E-state index contributed by atoms with van der Waals surface area (Å²) in [4.78, 5) is 19.0. The third kappa shape index (κ3) is 3.38. The van der Waals surface area contributed by atoms with Crippen molar-refractivity contribution in [1.82, 2.24) is 14.9 Å². The Labute approximate surface area is 141 Å². The number of nitrogens with zero attached hydrogens (tertiary/aromatic N) is 5. The van der Waals surface area contributed by atoms with Gasteiger partial charge in [-0.25, -0.2) is 9.97 Å². The van der Waals surface area contributed by atoms with Crippen molar-refractivity contribution in [2.45, 2.75) is 12.5 Å². The summed E-state index contributed by atoms with van der Waals surface area (Å²) in [5.41, 5.74) is 2.21. The molecule has 4 rings (SSSR count). The first-order valence-corrected chi connectivity index (χ1v) is 8.41. The molecule has 6 nitrogen and oxygen atoms in total. The smallest absolute Gasteiger partial charge is 0.225 e. The van der Waals surface area contributed by atoms with E-state index in [0.29, 0.717) is 0 Å². The van der Waals surface area contributed by atoms with Crippen LogP contribution in [0.3, 0.4) is 0 Å². The van der Waals surface area contributed by atoms with Gasteiger partial charge in [-0.1, -0.05) is 35.5 Å². The SMILES string of the molecule is c1ccc(C2=NOC(CN3CCN(c4ncccn4)CC3)C2)cc1. The monoisotopic (exact) mass is 323 g/mol. The lowest BCUT2D eigenvalue weighted by atomic mass is 10.0. The molecule has 0 N–H and O–H groups in total. The van der Waals surface area contributed by atoms with Gasteiger partial charge >= 0.3 is 0 Å². The van der Waals surface area contributed by atoms with Crippen molar-refractivity contribution in [3.63, 3.8) is 0 Å². The molecule has 0 amide bonds. The Morgan fingerprint density at radius 2 is 1.71 bits per heavy atom. The highest BCUT2D eigenvalue weighted by atomic mass is 16.6. The highest BCUT2D eigenvalue weighted by Crippen LogP contribution is 2.18. The molecule has 3 heterocycles. The number of hydrogen-bond donors (Lipinski definition) is 0. The number of rotatable bonds is 4. The van der Waals surface area contributed by atoms with Crippen molar-refractivity contribution < 1.29 is 4.84 Å². The van der Waals surface area contributed by atoms with Gasteiger partial charge in [-0.05, 0) is 11.6 Å². The summed E-state index contributed by atoms with van der Waals surface area (Å²) >= 11 is 0. The highest BCUT2D eigenvalue weighted by Gasteiger charge is 2.26. The predicted octanol–water partition coefficient (Wildman–Crippen LogP) is 1.79. The van der Waals surface area contributed by atoms with Gasteiger partial charge in [0, 0.05) is 51.5 Å². The Balaban J connectivity index is 1.27. The molecule has 6 heteroatoms. The third-order valence-electron chi connectivity index (χ3n) is 4.51. The molecule has 1 aromatic carbocycles. The molecule has 2 aliphatic rings. The second kappa shape index (κ2) is 6.97. The van der Waals surface area contributed by atoms with E-state index < -0.39 is 0 Å². The summed E-state index contributed by atoms with van der Waals surface area (Å²) in [5, 5.41) is 4.27. The number of benzene rings is 1. The van der Waals surface area contributed by atoms with Gasteiger partial charge in [0.15, 0.2) is 0 Å².